The van der Waals surface area contributed by atoms with E-state index in [2.05, 4.69) is 49.4 Å². The van der Waals surface area contributed by atoms with Gasteiger partial charge in [0.2, 0.25) is 5.89 Å². The lowest BCUT2D eigenvalue weighted by molar-refractivity contribution is 0.258. The van der Waals surface area contributed by atoms with Crippen molar-refractivity contribution >= 4 is 21.6 Å². The first-order valence-electron chi connectivity index (χ1n) is 8.95. The van der Waals surface area contributed by atoms with E-state index in [4.69, 9.17) is 14.5 Å². The van der Waals surface area contributed by atoms with Crippen LogP contribution in [0.1, 0.15) is 50.3 Å². The van der Waals surface area contributed by atoms with Gasteiger partial charge >= 0.3 is 0 Å². The average molecular weight is 359 g/mol. The number of hydrogen-bond donors (Lipinski definition) is 1. The van der Waals surface area contributed by atoms with Crippen molar-refractivity contribution in [2.75, 3.05) is 7.05 Å². The van der Waals surface area contributed by atoms with Gasteiger partial charge in [-0.25, -0.2) is 4.98 Å². The number of rotatable bonds is 8. The van der Waals surface area contributed by atoms with Gasteiger partial charge in [0.05, 0.1) is 20.6 Å². The predicted molar refractivity (Wildman–Crippen MR) is 102 cm³/mol. The molecule has 0 amide bonds. The summed E-state index contributed by atoms with van der Waals surface area (Å²) in [5.41, 5.74) is 0.917. The van der Waals surface area contributed by atoms with Gasteiger partial charge in [-0.05, 0) is 38.9 Å². The summed E-state index contributed by atoms with van der Waals surface area (Å²) in [4.78, 5) is 9.53. The van der Waals surface area contributed by atoms with Gasteiger partial charge in [0.1, 0.15) is 0 Å². The van der Waals surface area contributed by atoms with Crippen LogP contribution >= 0.6 is 11.3 Å². The van der Waals surface area contributed by atoms with Gasteiger partial charge in [0, 0.05) is 18.9 Å². The van der Waals surface area contributed by atoms with E-state index in [0.29, 0.717) is 6.04 Å². The molecule has 2 aromatic heterocycles. The summed E-state index contributed by atoms with van der Waals surface area (Å²) in [6, 6.07) is 8.61. The van der Waals surface area contributed by atoms with E-state index in [9.17, 15) is 0 Å². The number of thiazole rings is 1. The van der Waals surface area contributed by atoms with Crippen molar-refractivity contribution < 1.29 is 4.52 Å². The summed E-state index contributed by atoms with van der Waals surface area (Å²) >= 11 is 1.76. The SMILES string of the molecule is CCC(CC)(Cc1nc2ccccc2s1)c1nc(CC(C)NC)no1. The van der Waals surface area contributed by atoms with Crippen molar-refractivity contribution in [3.8, 4) is 0 Å². The number of aromatic nitrogens is 3. The number of fused-ring (bicyclic) bond motifs is 1. The molecule has 3 aromatic rings. The van der Waals surface area contributed by atoms with E-state index in [1.54, 1.807) is 11.3 Å². The first-order chi connectivity index (χ1) is 12.1. The molecule has 0 saturated carbocycles. The fourth-order valence-corrected chi connectivity index (χ4v) is 4.20. The van der Waals surface area contributed by atoms with Crippen LogP contribution in [0.5, 0.6) is 0 Å². The molecule has 6 heteroatoms. The van der Waals surface area contributed by atoms with Gasteiger partial charge in [-0.15, -0.1) is 11.3 Å². The monoisotopic (exact) mass is 358 g/mol. The highest BCUT2D eigenvalue weighted by Gasteiger charge is 2.36. The van der Waals surface area contributed by atoms with Gasteiger partial charge in [0.25, 0.3) is 0 Å². The molecule has 0 aliphatic rings. The Kier molecular flexibility index (Phi) is 5.49. The van der Waals surface area contributed by atoms with Crippen molar-refractivity contribution in [1.29, 1.82) is 0 Å². The zero-order chi connectivity index (χ0) is 17.9. The van der Waals surface area contributed by atoms with E-state index in [1.165, 1.54) is 4.70 Å². The molecule has 2 heterocycles. The van der Waals surface area contributed by atoms with Crippen LogP contribution in [0.25, 0.3) is 10.2 Å². The maximum absolute atomic E-state index is 5.69. The van der Waals surface area contributed by atoms with Crippen LogP contribution in [0.3, 0.4) is 0 Å². The molecule has 1 unspecified atom stereocenters. The fourth-order valence-electron chi connectivity index (χ4n) is 3.09. The molecule has 0 aliphatic carbocycles. The minimum absolute atomic E-state index is 0.151. The third kappa shape index (κ3) is 3.75. The number of nitrogens with zero attached hydrogens (tertiary/aromatic N) is 3. The number of para-hydroxylation sites is 1. The zero-order valence-electron chi connectivity index (χ0n) is 15.4. The molecule has 0 fully saturated rings. The topological polar surface area (TPSA) is 63.8 Å². The maximum Gasteiger partial charge on any atom is 0.233 e. The van der Waals surface area contributed by atoms with E-state index in [-0.39, 0.29) is 5.41 Å². The van der Waals surface area contributed by atoms with Crippen molar-refractivity contribution in [3.63, 3.8) is 0 Å². The molecule has 0 saturated heterocycles. The molecule has 0 spiro atoms. The number of hydrogen-bond acceptors (Lipinski definition) is 6. The molecule has 1 atom stereocenters. The van der Waals surface area contributed by atoms with E-state index in [1.807, 2.05) is 13.1 Å². The van der Waals surface area contributed by atoms with Gasteiger partial charge in [0.15, 0.2) is 5.82 Å². The van der Waals surface area contributed by atoms with Crippen molar-refractivity contribution in [3.05, 3.63) is 41.0 Å². The smallest absolute Gasteiger partial charge is 0.233 e. The van der Waals surface area contributed by atoms with Crippen LogP contribution in [0.2, 0.25) is 0 Å². The second-order valence-corrected chi connectivity index (χ2v) is 7.76. The Morgan fingerprint density at radius 2 is 1.96 bits per heavy atom. The Labute approximate surface area is 152 Å². The standard InChI is InChI=1S/C19H26N4OS/c1-5-19(6-2,18-22-16(23-24-18)11-13(3)20-4)12-17-21-14-9-7-8-10-15(14)25-17/h7-10,13,20H,5-6,11-12H2,1-4H3. The lowest BCUT2D eigenvalue weighted by Gasteiger charge is -2.26. The van der Waals surface area contributed by atoms with E-state index >= 15 is 0 Å². The highest BCUT2D eigenvalue weighted by atomic mass is 32.1. The zero-order valence-corrected chi connectivity index (χ0v) is 16.2. The second kappa shape index (κ2) is 7.62. The highest BCUT2D eigenvalue weighted by molar-refractivity contribution is 7.18. The first-order valence-corrected chi connectivity index (χ1v) is 9.76. The molecular weight excluding hydrogens is 332 g/mol. The first kappa shape index (κ1) is 18.0. The summed E-state index contributed by atoms with van der Waals surface area (Å²) in [6.45, 7) is 6.50. The van der Waals surface area contributed by atoms with Crippen LogP contribution in [0, 0.1) is 0 Å². The van der Waals surface area contributed by atoms with E-state index in [0.717, 1.165) is 47.9 Å². The molecule has 5 nitrogen and oxygen atoms in total. The Balaban J connectivity index is 1.88. The molecule has 25 heavy (non-hydrogen) atoms. The van der Waals surface area contributed by atoms with Crippen LogP contribution in [0.15, 0.2) is 28.8 Å². The second-order valence-electron chi connectivity index (χ2n) is 6.65. The Morgan fingerprint density at radius 3 is 2.64 bits per heavy atom. The molecule has 0 aliphatic heterocycles. The lowest BCUT2D eigenvalue weighted by Crippen LogP contribution is -2.28. The molecule has 134 valence electrons. The van der Waals surface area contributed by atoms with Crippen LogP contribution in [0.4, 0.5) is 0 Å². The van der Waals surface area contributed by atoms with Crippen LogP contribution < -0.4 is 5.32 Å². The molecular formula is C19H26N4OS. The van der Waals surface area contributed by atoms with Gasteiger partial charge < -0.3 is 9.84 Å². The molecule has 0 bridgehead atoms. The molecule has 3 rings (SSSR count). The summed E-state index contributed by atoms with van der Waals surface area (Å²) in [7, 11) is 1.95. The quantitative estimate of drug-likeness (QED) is 0.656. The summed E-state index contributed by atoms with van der Waals surface area (Å²) in [5.74, 6) is 1.52. The minimum Gasteiger partial charge on any atom is -0.339 e. The third-order valence-electron chi connectivity index (χ3n) is 5.08. The number of benzene rings is 1. The average Bonchev–Trinajstić information content (AvgIpc) is 3.26. The highest BCUT2D eigenvalue weighted by Crippen LogP contribution is 2.36. The Bertz CT molecular complexity index is 789. The summed E-state index contributed by atoms with van der Waals surface area (Å²) in [6.07, 6.45) is 3.50. The normalized spacial score (nSPS) is 13.4. The van der Waals surface area contributed by atoms with E-state index < -0.39 is 0 Å². The van der Waals surface area contributed by atoms with Gasteiger partial charge in [-0.2, -0.15) is 4.98 Å². The van der Waals surface area contributed by atoms with Crippen molar-refractivity contribution in [2.24, 2.45) is 0 Å². The van der Waals surface area contributed by atoms with Gasteiger partial charge in [-0.3, -0.25) is 0 Å². The predicted octanol–water partition coefficient (Wildman–Crippen LogP) is 4.13. The number of likely N-dealkylation sites (N-methyl/N-ethyl adjacent to an activating group) is 1. The molecule has 1 aromatic carbocycles. The summed E-state index contributed by atoms with van der Waals surface area (Å²) < 4.78 is 6.92. The minimum atomic E-state index is -0.151. The van der Waals surface area contributed by atoms with Crippen molar-refractivity contribution in [2.45, 2.75) is 57.9 Å². The van der Waals surface area contributed by atoms with Crippen molar-refractivity contribution in [1.82, 2.24) is 20.4 Å². The Morgan fingerprint density at radius 1 is 1.20 bits per heavy atom. The fraction of sp³-hybridized carbons (Fsp3) is 0.526. The van der Waals surface area contributed by atoms with Crippen LogP contribution in [-0.4, -0.2) is 28.2 Å². The summed E-state index contributed by atoms with van der Waals surface area (Å²) in [5, 5.41) is 8.55. The Hall–Kier alpha value is -1.79. The molecule has 0 radical (unpaired) electrons. The van der Waals surface area contributed by atoms with Crippen LogP contribution in [-0.2, 0) is 18.3 Å². The lowest BCUT2D eigenvalue weighted by atomic mass is 9.79. The maximum atomic E-state index is 5.69. The van der Waals surface area contributed by atoms with Gasteiger partial charge in [-0.1, -0.05) is 31.1 Å². The molecule has 1 N–H and O–H groups in total. The third-order valence-corrected chi connectivity index (χ3v) is 6.12. The number of nitrogens with one attached hydrogen (secondary N) is 1. The largest absolute Gasteiger partial charge is 0.339 e.